The molecule has 0 saturated carbocycles. The third kappa shape index (κ3) is 8.93. The number of nitrogens with one attached hydrogen (secondary N) is 4. The number of ether oxygens (including phenoxy) is 1. The van der Waals surface area contributed by atoms with Crippen LogP contribution in [0, 0.1) is 11.3 Å². The first-order chi connectivity index (χ1) is 16.2. The molecule has 2 aromatic rings. The summed E-state index contributed by atoms with van der Waals surface area (Å²) in [5.41, 5.74) is 0.725. The summed E-state index contributed by atoms with van der Waals surface area (Å²) in [5.74, 6) is -0.0981. The Morgan fingerprint density at radius 1 is 1.21 bits per heavy atom. The summed E-state index contributed by atoms with van der Waals surface area (Å²) in [7, 11) is -3.62. The van der Waals surface area contributed by atoms with Gasteiger partial charge in [0.2, 0.25) is 16.0 Å². The van der Waals surface area contributed by atoms with Crippen molar-refractivity contribution in [3.8, 4) is 6.07 Å². The highest BCUT2D eigenvalue weighted by atomic mass is 32.2. The third-order valence-electron chi connectivity index (χ3n) is 4.40. The third-order valence-corrected chi connectivity index (χ3v) is 5.87. The smallest absolute Gasteiger partial charge is 0.325 e. The lowest BCUT2D eigenvalue weighted by atomic mass is 10.3. The van der Waals surface area contributed by atoms with E-state index >= 15 is 0 Å². The van der Waals surface area contributed by atoms with Crippen molar-refractivity contribution in [1.29, 1.82) is 5.26 Å². The summed E-state index contributed by atoms with van der Waals surface area (Å²) in [6.45, 7) is 7.20. The minimum atomic E-state index is -3.62. The lowest BCUT2D eigenvalue weighted by Crippen LogP contribution is -2.29. The molecule has 11 nitrogen and oxygen atoms in total. The molecule has 12 heteroatoms. The highest BCUT2D eigenvalue weighted by Crippen LogP contribution is 2.19. The Hall–Kier alpha value is -3.27. The molecule has 0 aliphatic rings. The van der Waals surface area contributed by atoms with Crippen LogP contribution in [0.4, 0.5) is 17.5 Å². The van der Waals surface area contributed by atoms with Gasteiger partial charge in [-0.3, -0.25) is 4.79 Å². The summed E-state index contributed by atoms with van der Waals surface area (Å²) in [6.07, 6.45) is 2.72. The van der Waals surface area contributed by atoms with Crippen molar-refractivity contribution in [3.63, 3.8) is 0 Å². The molecule has 4 N–H and O–H groups in total. The fourth-order valence-corrected chi connectivity index (χ4v) is 3.77. The van der Waals surface area contributed by atoms with E-state index < -0.39 is 16.0 Å². The van der Waals surface area contributed by atoms with Gasteiger partial charge in [0.15, 0.2) is 0 Å². The first-order valence-electron chi connectivity index (χ1n) is 11.0. The van der Waals surface area contributed by atoms with E-state index in [4.69, 9.17) is 4.74 Å². The number of nitrogens with zero attached hydrogens (tertiary/aromatic N) is 3. The monoisotopic (exact) mass is 489 g/mol. The molecule has 0 spiro atoms. The average molecular weight is 490 g/mol. The molecule has 0 aliphatic heterocycles. The van der Waals surface area contributed by atoms with Gasteiger partial charge in [-0.2, -0.15) is 10.2 Å². The van der Waals surface area contributed by atoms with Crippen molar-refractivity contribution in [2.24, 2.45) is 0 Å². The molecule has 34 heavy (non-hydrogen) atoms. The molecule has 0 radical (unpaired) electrons. The summed E-state index contributed by atoms with van der Waals surface area (Å²) >= 11 is 0. The molecule has 184 valence electrons. The molecule has 0 unspecified atom stereocenters. The number of carbonyl (C=O) groups excluding carboxylic acids is 1. The molecule has 0 atom stereocenters. The Kier molecular flexibility index (Phi) is 10.7. The van der Waals surface area contributed by atoms with Gasteiger partial charge in [-0.15, -0.1) is 0 Å². The summed E-state index contributed by atoms with van der Waals surface area (Å²) in [4.78, 5) is 20.2. The van der Waals surface area contributed by atoms with Crippen LogP contribution >= 0.6 is 0 Å². The van der Waals surface area contributed by atoms with Gasteiger partial charge >= 0.3 is 5.97 Å². The Labute approximate surface area is 200 Å². The number of anilines is 3. The van der Waals surface area contributed by atoms with E-state index in [1.54, 1.807) is 12.1 Å². The van der Waals surface area contributed by atoms with Crippen LogP contribution in [0.2, 0.25) is 0 Å². The van der Waals surface area contributed by atoms with E-state index in [9.17, 15) is 18.5 Å². The zero-order valence-electron chi connectivity index (χ0n) is 19.6. The average Bonchev–Trinajstić information content (AvgIpc) is 2.81. The van der Waals surface area contributed by atoms with E-state index in [-0.39, 0.29) is 28.8 Å². The van der Waals surface area contributed by atoms with Gasteiger partial charge in [0.1, 0.15) is 24.0 Å². The number of rotatable bonds is 14. The minimum Gasteiger partial charge on any atom is -0.464 e. The second-order valence-corrected chi connectivity index (χ2v) is 9.42. The molecule has 2 rings (SSSR count). The number of benzene rings is 1. The van der Waals surface area contributed by atoms with Crippen LogP contribution in [-0.4, -0.2) is 56.6 Å². The first-order valence-corrected chi connectivity index (χ1v) is 12.5. The van der Waals surface area contributed by atoms with Crippen LogP contribution in [0.15, 0.2) is 35.4 Å². The van der Waals surface area contributed by atoms with Crippen LogP contribution in [-0.2, 0) is 19.6 Å². The summed E-state index contributed by atoms with van der Waals surface area (Å²) in [5, 5.41) is 18.2. The molecule has 0 saturated heterocycles. The number of nitriles is 1. The van der Waals surface area contributed by atoms with E-state index in [0.717, 1.165) is 6.54 Å². The van der Waals surface area contributed by atoms with E-state index in [0.29, 0.717) is 37.7 Å². The molecular weight excluding hydrogens is 458 g/mol. The highest BCUT2D eigenvalue weighted by Gasteiger charge is 2.14. The highest BCUT2D eigenvalue weighted by molar-refractivity contribution is 7.89. The van der Waals surface area contributed by atoms with Crippen molar-refractivity contribution in [2.75, 3.05) is 36.9 Å². The number of hydrogen-bond acceptors (Lipinski definition) is 10. The normalized spacial score (nSPS) is 11.1. The summed E-state index contributed by atoms with van der Waals surface area (Å²) in [6, 6.07) is 8.44. The second kappa shape index (κ2) is 13.4. The number of esters is 1. The zero-order chi connectivity index (χ0) is 25.0. The van der Waals surface area contributed by atoms with Gasteiger partial charge in [-0.25, -0.2) is 18.1 Å². The van der Waals surface area contributed by atoms with Gasteiger partial charge in [0.25, 0.3) is 0 Å². The van der Waals surface area contributed by atoms with Crippen LogP contribution in [0.3, 0.4) is 0 Å². The number of aromatic nitrogens is 2. The second-order valence-electron chi connectivity index (χ2n) is 7.65. The van der Waals surface area contributed by atoms with Crippen molar-refractivity contribution in [3.05, 3.63) is 36.0 Å². The lowest BCUT2D eigenvalue weighted by Gasteiger charge is -2.11. The Morgan fingerprint density at radius 3 is 2.59 bits per heavy atom. The zero-order valence-corrected chi connectivity index (χ0v) is 20.4. The van der Waals surface area contributed by atoms with Gasteiger partial charge in [0.05, 0.1) is 17.7 Å². The Morgan fingerprint density at radius 2 is 1.94 bits per heavy atom. The van der Waals surface area contributed by atoms with Crippen LogP contribution in [0.25, 0.3) is 0 Å². The minimum absolute atomic E-state index is 0.141. The number of carbonyl (C=O) groups is 1. The van der Waals surface area contributed by atoms with Crippen molar-refractivity contribution < 1.29 is 17.9 Å². The maximum absolute atomic E-state index is 12.5. The van der Waals surface area contributed by atoms with Gasteiger partial charge in [0, 0.05) is 18.3 Å². The van der Waals surface area contributed by atoms with Gasteiger partial charge in [-0.1, -0.05) is 20.8 Å². The quantitative estimate of drug-likeness (QED) is 0.229. The van der Waals surface area contributed by atoms with E-state index in [2.05, 4.69) is 30.6 Å². The van der Waals surface area contributed by atoms with Gasteiger partial charge < -0.3 is 20.7 Å². The van der Waals surface area contributed by atoms with Gasteiger partial charge in [-0.05, 0) is 43.7 Å². The van der Waals surface area contributed by atoms with Crippen molar-refractivity contribution >= 4 is 33.4 Å². The van der Waals surface area contributed by atoms with E-state index in [1.807, 2.05) is 26.8 Å². The van der Waals surface area contributed by atoms with Crippen LogP contribution in [0.5, 0.6) is 0 Å². The summed E-state index contributed by atoms with van der Waals surface area (Å²) < 4.78 is 32.5. The van der Waals surface area contributed by atoms with Crippen LogP contribution in [0.1, 0.15) is 39.2 Å². The largest absolute Gasteiger partial charge is 0.464 e. The standard InChI is InChI=1S/C22H31N7O4S/c1-4-12-33-20(30)15-25-21-17(13-23)14-26-22(29-21)28-18-6-8-19(9-7-18)34(31,32)27-11-5-10-24-16(2)3/h6-9,14,16,24,27H,4-5,10-12,15H2,1-3H3,(H2,25,26,28,29). The molecule has 1 heterocycles. The fraction of sp³-hybridized carbons (Fsp3) is 0.455. The van der Waals surface area contributed by atoms with E-state index in [1.165, 1.54) is 18.3 Å². The number of sulfonamides is 1. The predicted octanol–water partition coefficient (Wildman–Crippen LogP) is 2.12. The first kappa shape index (κ1) is 27.0. The molecule has 0 aliphatic carbocycles. The molecule has 1 aromatic heterocycles. The molecule has 0 amide bonds. The molecule has 1 aromatic carbocycles. The fourth-order valence-electron chi connectivity index (χ4n) is 2.70. The molecular formula is C22H31N7O4S. The number of hydrogen-bond donors (Lipinski definition) is 4. The lowest BCUT2D eigenvalue weighted by molar-refractivity contribution is -0.141. The predicted molar refractivity (Wildman–Crippen MR) is 129 cm³/mol. The molecule has 0 bridgehead atoms. The molecule has 0 fully saturated rings. The van der Waals surface area contributed by atoms with Crippen molar-refractivity contribution in [2.45, 2.75) is 44.6 Å². The Balaban J connectivity index is 1.99. The maximum atomic E-state index is 12.5. The SMILES string of the molecule is CCCOC(=O)CNc1nc(Nc2ccc(S(=O)(=O)NCCCNC(C)C)cc2)ncc1C#N. The Bertz CT molecular complexity index is 1080. The van der Waals surface area contributed by atoms with Crippen molar-refractivity contribution in [1.82, 2.24) is 20.0 Å². The maximum Gasteiger partial charge on any atom is 0.325 e. The topological polar surface area (TPSA) is 158 Å². The van der Waals surface area contributed by atoms with Crippen LogP contribution < -0.4 is 20.7 Å².